The van der Waals surface area contributed by atoms with E-state index in [0.29, 0.717) is 17.9 Å². The summed E-state index contributed by atoms with van der Waals surface area (Å²) in [5.41, 5.74) is 0.0456. The smallest absolute Gasteiger partial charge is 0.368 e. The molecule has 0 spiro atoms. The normalized spacial score (nSPS) is 18.4. The van der Waals surface area contributed by atoms with Crippen molar-refractivity contribution in [1.82, 2.24) is 19.9 Å². The average molecular weight is 488 g/mol. The number of amides is 1. The second kappa shape index (κ2) is 9.97. The van der Waals surface area contributed by atoms with Crippen LogP contribution < -0.4 is 5.32 Å². The van der Waals surface area contributed by atoms with E-state index in [4.69, 9.17) is 0 Å². The number of halogens is 4. The van der Waals surface area contributed by atoms with Crippen LogP contribution in [0.1, 0.15) is 41.3 Å². The molecule has 1 aliphatic rings. The lowest BCUT2D eigenvalue weighted by Crippen LogP contribution is -2.51. The Morgan fingerprint density at radius 1 is 1.14 bits per heavy atom. The van der Waals surface area contributed by atoms with Crippen molar-refractivity contribution in [1.29, 1.82) is 0 Å². The van der Waals surface area contributed by atoms with E-state index in [0.717, 1.165) is 25.1 Å². The van der Waals surface area contributed by atoms with Crippen molar-refractivity contribution in [2.75, 3.05) is 18.4 Å². The fourth-order valence-corrected chi connectivity index (χ4v) is 4.42. The van der Waals surface area contributed by atoms with Crippen LogP contribution in [0.15, 0.2) is 48.9 Å². The molecule has 184 valence electrons. The van der Waals surface area contributed by atoms with Crippen molar-refractivity contribution in [3.05, 3.63) is 71.4 Å². The molecule has 10 heteroatoms. The zero-order valence-corrected chi connectivity index (χ0v) is 19.3. The third-order valence-corrected chi connectivity index (χ3v) is 6.38. The first-order valence-electron chi connectivity index (χ1n) is 11.3. The minimum absolute atomic E-state index is 0.111. The van der Waals surface area contributed by atoms with E-state index in [-0.39, 0.29) is 41.4 Å². The third kappa shape index (κ3) is 5.26. The van der Waals surface area contributed by atoms with Gasteiger partial charge in [0.15, 0.2) is 5.82 Å². The molecule has 3 aromatic rings. The molecule has 1 unspecified atom stereocenters. The second-order valence-corrected chi connectivity index (χ2v) is 8.66. The van der Waals surface area contributed by atoms with Crippen LogP contribution in [0.25, 0.3) is 11.4 Å². The lowest BCUT2D eigenvalue weighted by molar-refractivity contribution is -0.137. The number of likely N-dealkylation sites (tertiary alicyclic amines) is 1. The van der Waals surface area contributed by atoms with Crippen LogP contribution in [-0.4, -0.2) is 44.9 Å². The highest BCUT2D eigenvalue weighted by Gasteiger charge is 2.35. The SMILES string of the molecule is Cc1c(F)ccc(-c2ncccn2)c1C(=O)N1CCC[C@@H](C)C1CNc1ccc(C(F)(F)F)cn1. The fourth-order valence-electron chi connectivity index (χ4n) is 4.42. The number of pyridine rings is 1. The molecule has 6 nitrogen and oxygen atoms in total. The van der Waals surface area contributed by atoms with Gasteiger partial charge in [0.2, 0.25) is 0 Å². The van der Waals surface area contributed by atoms with Gasteiger partial charge in [0.25, 0.3) is 5.91 Å². The maximum atomic E-state index is 14.5. The molecule has 1 N–H and O–H groups in total. The topological polar surface area (TPSA) is 71.0 Å². The molecule has 0 saturated carbocycles. The molecule has 2 atom stereocenters. The van der Waals surface area contributed by atoms with E-state index < -0.39 is 17.6 Å². The Morgan fingerprint density at radius 3 is 2.54 bits per heavy atom. The van der Waals surface area contributed by atoms with Gasteiger partial charge in [0.1, 0.15) is 11.6 Å². The van der Waals surface area contributed by atoms with Crippen molar-refractivity contribution in [3.63, 3.8) is 0 Å². The predicted octanol–water partition coefficient (Wildman–Crippen LogP) is 5.36. The highest BCUT2D eigenvalue weighted by atomic mass is 19.4. The van der Waals surface area contributed by atoms with Crippen LogP contribution in [0.5, 0.6) is 0 Å². The number of benzene rings is 1. The molecule has 1 saturated heterocycles. The highest BCUT2D eigenvalue weighted by molar-refractivity contribution is 6.01. The minimum atomic E-state index is -4.46. The summed E-state index contributed by atoms with van der Waals surface area (Å²) >= 11 is 0. The molecule has 1 aliphatic heterocycles. The van der Waals surface area contributed by atoms with Crippen LogP contribution in [0.4, 0.5) is 23.4 Å². The quantitative estimate of drug-likeness (QED) is 0.491. The van der Waals surface area contributed by atoms with Gasteiger partial charge in [0, 0.05) is 37.2 Å². The molecule has 1 aromatic carbocycles. The Hall–Kier alpha value is -3.56. The Kier molecular flexibility index (Phi) is 7.00. The average Bonchev–Trinajstić information content (AvgIpc) is 2.84. The van der Waals surface area contributed by atoms with Gasteiger partial charge in [-0.3, -0.25) is 4.79 Å². The lowest BCUT2D eigenvalue weighted by Gasteiger charge is -2.40. The van der Waals surface area contributed by atoms with Crippen molar-refractivity contribution in [2.45, 2.75) is 38.9 Å². The number of nitrogens with one attached hydrogen (secondary N) is 1. The summed E-state index contributed by atoms with van der Waals surface area (Å²) in [4.78, 5) is 27.9. The second-order valence-electron chi connectivity index (χ2n) is 8.66. The zero-order chi connectivity index (χ0) is 25.2. The van der Waals surface area contributed by atoms with E-state index in [1.165, 1.54) is 18.2 Å². The van der Waals surface area contributed by atoms with Gasteiger partial charge in [-0.15, -0.1) is 0 Å². The standard InChI is InChI=1S/C25H25F4N5O/c1-15-5-3-12-34(20(15)14-33-21-9-6-17(13-32-21)25(27,28)29)24(35)22-16(2)19(26)8-7-18(22)23-30-10-4-11-31-23/h4,6-11,13,15,20H,3,5,12,14H2,1-2H3,(H,32,33)/t15-,20?/m1/s1. The first-order valence-corrected chi connectivity index (χ1v) is 11.3. The predicted molar refractivity (Wildman–Crippen MR) is 123 cm³/mol. The Balaban J connectivity index is 1.61. The maximum Gasteiger partial charge on any atom is 0.417 e. The minimum Gasteiger partial charge on any atom is -0.368 e. The summed E-state index contributed by atoms with van der Waals surface area (Å²) in [6.45, 7) is 4.34. The molecule has 0 aliphatic carbocycles. The monoisotopic (exact) mass is 487 g/mol. The molecule has 3 heterocycles. The summed E-state index contributed by atoms with van der Waals surface area (Å²) in [7, 11) is 0. The van der Waals surface area contributed by atoms with Crippen molar-refractivity contribution < 1.29 is 22.4 Å². The van der Waals surface area contributed by atoms with Crippen molar-refractivity contribution in [2.24, 2.45) is 5.92 Å². The number of carbonyl (C=O) groups is 1. The van der Waals surface area contributed by atoms with E-state index in [1.807, 2.05) is 6.92 Å². The fraction of sp³-hybridized carbons (Fsp3) is 0.360. The van der Waals surface area contributed by atoms with Gasteiger partial charge in [-0.2, -0.15) is 13.2 Å². The third-order valence-electron chi connectivity index (χ3n) is 6.38. The van der Waals surface area contributed by atoms with E-state index >= 15 is 0 Å². The number of hydrogen-bond donors (Lipinski definition) is 1. The number of carbonyl (C=O) groups excluding carboxylic acids is 1. The molecule has 1 fully saturated rings. The van der Waals surface area contributed by atoms with Gasteiger partial charge < -0.3 is 10.2 Å². The van der Waals surface area contributed by atoms with Crippen LogP contribution in [0.2, 0.25) is 0 Å². The maximum absolute atomic E-state index is 14.5. The van der Waals surface area contributed by atoms with Crippen molar-refractivity contribution >= 4 is 11.7 Å². The molecule has 0 bridgehead atoms. The van der Waals surface area contributed by atoms with E-state index in [1.54, 1.807) is 30.3 Å². The van der Waals surface area contributed by atoms with Crippen LogP contribution >= 0.6 is 0 Å². The zero-order valence-electron chi connectivity index (χ0n) is 19.3. The van der Waals surface area contributed by atoms with Crippen LogP contribution in [0, 0.1) is 18.7 Å². The molecule has 1 amide bonds. The number of anilines is 1. The number of rotatable bonds is 5. The van der Waals surface area contributed by atoms with Gasteiger partial charge >= 0.3 is 6.18 Å². The molecule has 0 radical (unpaired) electrons. The summed E-state index contributed by atoms with van der Waals surface area (Å²) < 4.78 is 53.0. The van der Waals surface area contributed by atoms with Crippen LogP contribution in [-0.2, 0) is 6.18 Å². The van der Waals surface area contributed by atoms with Crippen molar-refractivity contribution in [3.8, 4) is 11.4 Å². The summed E-state index contributed by atoms with van der Waals surface area (Å²) in [5, 5.41) is 3.06. The number of nitrogens with zero attached hydrogens (tertiary/aromatic N) is 4. The first-order chi connectivity index (χ1) is 16.7. The lowest BCUT2D eigenvalue weighted by atomic mass is 9.89. The number of alkyl halides is 3. The Bertz CT molecular complexity index is 1180. The van der Waals surface area contributed by atoms with E-state index in [2.05, 4.69) is 20.3 Å². The summed E-state index contributed by atoms with van der Waals surface area (Å²) in [5.74, 6) is -0.110. The van der Waals surface area contributed by atoms with Gasteiger partial charge in [-0.05, 0) is 61.6 Å². The summed E-state index contributed by atoms with van der Waals surface area (Å²) in [6.07, 6.45) is 1.10. The summed E-state index contributed by atoms with van der Waals surface area (Å²) in [6, 6.07) is 6.43. The molecular formula is C25H25F4N5O. The number of aromatic nitrogens is 3. The van der Waals surface area contributed by atoms with Gasteiger partial charge in [-0.1, -0.05) is 6.92 Å². The van der Waals surface area contributed by atoms with Crippen LogP contribution in [0.3, 0.4) is 0 Å². The van der Waals surface area contributed by atoms with Gasteiger partial charge in [-0.25, -0.2) is 19.3 Å². The Labute approximate surface area is 200 Å². The largest absolute Gasteiger partial charge is 0.417 e. The van der Waals surface area contributed by atoms with E-state index in [9.17, 15) is 22.4 Å². The molecular weight excluding hydrogens is 462 g/mol. The first kappa shape index (κ1) is 24.6. The molecule has 35 heavy (non-hydrogen) atoms. The molecule has 4 rings (SSSR count). The van der Waals surface area contributed by atoms with Gasteiger partial charge in [0.05, 0.1) is 17.2 Å². The molecule has 2 aromatic heterocycles. The number of piperidine rings is 1. The highest BCUT2D eigenvalue weighted by Crippen LogP contribution is 2.32. The number of hydrogen-bond acceptors (Lipinski definition) is 5. The Morgan fingerprint density at radius 2 is 1.89 bits per heavy atom.